The van der Waals surface area contributed by atoms with Crippen molar-refractivity contribution >= 4 is 11.9 Å². The molecule has 0 spiro atoms. The van der Waals surface area contributed by atoms with Crippen LogP contribution in [0.1, 0.15) is 44.0 Å². The molecule has 0 bridgehead atoms. The number of carboxylic acids is 1. The number of nitrogens with one attached hydrogen (secondary N) is 1. The first-order valence-corrected chi connectivity index (χ1v) is 7.79. The number of amides is 1. The first kappa shape index (κ1) is 18.8. The van der Waals surface area contributed by atoms with Crippen molar-refractivity contribution in [2.45, 2.75) is 39.7 Å². The lowest BCUT2D eigenvalue weighted by molar-refractivity contribution is -0.140. The summed E-state index contributed by atoms with van der Waals surface area (Å²) in [6.45, 7) is 6.17. The van der Waals surface area contributed by atoms with Crippen LogP contribution in [0.3, 0.4) is 0 Å². The van der Waals surface area contributed by atoms with Crippen LogP contribution in [-0.4, -0.2) is 36.7 Å². The van der Waals surface area contributed by atoms with E-state index in [1.807, 2.05) is 13.8 Å². The molecule has 1 rings (SSSR count). The highest BCUT2D eigenvalue weighted by atomic mass is 16.5. The second-order valence-electron chi connectivity index (χ2n) is 5.39. The number of aliphatic carboxylic acids is 1. The third kappa shape index (κ3) is 5.16. The standard InChI is InChI=1S/C17H25NO5/c1-5-9-23-14-10-12(7-8-13(14)22-4)16(19)18-15(17(20)21)11(3)6-2/h7-8,10-11,15H,5-6,9H2,1-4H3,(H,18,19)(H,20,21). The van der Waals surface area contributed by atoms with Gasteiger partial charge in [0.15, 0.2) is 11.5 Å². The fourth-order valence-corrected chi connectivity index (χ4v) is 2.05. The fraction of sp³-hybridized carbons (Fsp3) is 0.529. The molecular weight excluding hydrogens is 298 g/mol. The van der Waals surface area contributed by atoms with Gasteiger partial charge in [0.05, 0.1) is 13.7 Å². The van der Waals surface area contributed by atoms with Gasteiger partial charge in [-0.3, -0.25) is 4.79 Å². The molecule has 1 aromatic rings. The molecule has 6 nitrogen and oxygen atoms in total. The van der Waals surface area contributed by atoms with E-state index in [-0.39, 0.29) is 5.92 Å². The molecule has 0 aliphatic rings. The second kappa shape index (κ2) is 9.02. The highest BCUT2D eigenvalue weighted by Gasteiger charge is 2.26. The van der Waals surface area contributed by atoms with Crippen LogP contribution >= 0.6 is 0 Å². The van der Waals surface area contributed by atoms with Crippen molar-refractivity contribution in [3.05, 3.63) is 23.8 Å². The molecule has 23 heavy (non-hydrogen) atoms. The summed E-state index contributed by atoms with van der Waals surface area (Å²) < 4.78 is 10.8. The molecule has 0 saturated heterocycles. The maximum atomic E-state index is 12.3. The zero-order valence-corrected chi connectivity index (χ0v) is 14.1. The first-order valence-electron chi connectivity index (χ1n) is 7.79. The Morgan fingerprint density at radius 3 is 2.48 bits per heavy atom. The summed E-state index contributed by atoms with van der Waals surface area (Å²) in [7, 11) is 1.53. The SMILES string of the molecule is CCCOc1cc(C(=O)NC(C(=O)O)C(C)CC)ccc1OC. The molecule has 0 aliphatic heterocycles. The van der Waals surface area contributed by atoms with Gasteiger partial charge in [0, 0.05) is 5.56 Å². The summed E-state index contributed by atoms with van der Waals surface area (Å²) in [5, 5.41) is 11.8. The van der Waals surface area contributed by atoms with Crippen LogP contribution in [0, 0.1) is 5.92 Å². The van der Waals surface area contributed by atoms with Gasteiger partial charge >= 0.3 is 5.97 Å². The highest BCUT2D eigenvalue weighted by Crippen LogP contribution is 2.28. The summed E-state index contributed by atoms with van der Waals surface area (Å²) in [5.74, 6) is -0.639. The Balaban J connectivity index is 2.96. The Labute approximate surface area is 136 Å². The number of benzene rings is 1. The monoisotopic (exact) mass is 323 g/mol. The molecule has 1 amide bonds. The van der Waals surface area contributed by atoms with Crippen molar-refractivity contribution in [2.24, 2.45) is 5.92 Å². The molecule has 6 heteroatoms. The van der Waals surface area contributed by atoms with Crippen LogP contribution in [0.2, 0.25) is 0 Å². The van der Waals surface area contributed by atoms with Crippen molar-refractivity contribution < 1.29 is 24.2 Å². The molecular formula is C17H25NO5. The lowest BCUT2D eigenvalue weighted by Gasteiger charge is -2.20. The van der Waals surface area contributed by atoms with E-state index in [1.54, 1.807) is 25.1 Å². The lowest BCUT2D eigenvalue weighted by atomic mass is 9.99. The van der Waals surface area contributed by atoms with Gasteiger partial charge in [0.25, 0.3) is 5.91 Å². The maximum absolute atomic E-state index is 12.3. The minimum atomic E-state index is -1.04. The molecule has 0 fully saturated rings. The maximum Gasteiger partial charge on any atom is 0.326 e. The van der Waals surface area contributed by atoms with Crippen LogP contribution in [0.5, 0.6) is 11.5 Å². The zero-order chi connectivity index (χ0) is 17.4. The molecule has 2 N–H and O–H groups in total. The first-order chi connectivity index (χ1) is 10.9. The third-order valence-electron chi connectivity index (χ3n) is 3.65. The average molecular weight is 323 g/mol. The van der Waals surface area contributed by atoms with Crippen molar-refractivity contribution in [1.29, 1.82) is 0 Å². The van der Waals surface area contributed by atoms with E-state index >= 15 is 0 Å². The summed E-state index contributed by atoms with van der Waals surface area (Å²) in [6, 6.07) is 3.87. The Morgan fingerprint density at radius 1 is 1.26 bits per heavy atom. The number of carbonyl (C=O) groups excluding carboxylic acids is 1. The topological polar surface area (TPSA) is 84.9 Å². The number of hydrogen-bond acceptors (Lipinski definition) is 4. The van der Waals surface area contributed by atoms with E-state index in [9.17, 15) is 14.7 Å². The van der Waals surface area contributed by atoms with E-state index in [2.05, 4.69) is 5.32 Å². The number of methoxy groups -OCH3 is 1. The molecule has 2 unspecified atom stereocenters. The predicted molar refractivity (Wildman–Crippen MR) is 87.1 cm³/mol. The van der Waals surface area contributed by atoms with Gasteiger partial charge in [-0.15, -0.1) is 0 Å². The summed E-state index contributed by atoms with van der Waals surface area (Å²) in [5.41, 5.74) is 0.339. The predicted octanol–water partition coefficient (Wildman–Crippen LogP) is 2.71. The minimum absolute atomic E-state index is 0.162. The van der Waals surface area contributed by atoms with Crippen LogP contribution in [0.25, 0.3) is 0 Å². The Morgan fingerprint density at radius 2 is 1.96 bits per heavy atom. The third-order valence-corrected chi connectivity index (χ3v) is 3.65. The Kier molecular flexibility index (Phi) is 7.38. The van der Waals surface area contributed by atoms with Crippen molar-refractivity contribution in [3.63, 3.8) is 0 Å². The van der Waals surface area contributed by atoms with E-state index < -0.39 is 17.9 Å². The molecule has 0 aliphatic carbocycles. The molecule has 0 aromatic heterocycles. The van der Waals surface area contributed by atoms with E-state index in [1.165, 1.54) is 7.11 Å². The van der Waals surface area contributed by atoms with Crippen molar-refractivity contribution in [2.75, 3.05) is 13.7 Å². The average Bonchev–Trinajstić information content (AvgIpc) is 2.56. The van der Waals surface area contributed by atoms with Crippen molar-refractivity contribution in [3.8, 4) is 11.5 Å². The van der Waals surface area contributed by atoms with Gasteiger partial charge in [0.1, 0.15) is 6.04 Å². The summed E-state index contributed by atoms with van der Waals surface area (Å²) in [4.78, 5) is 23.7. The van der Waals surface area contributed by atoms with Gasteiger partial charge in [-0.25, -0.2) is 4.79 Å². The number of rotatable bonds is 9. The quantitative estimate of drug-likeness (QED) is 0.730. The summed E-state index contributed by atoms with van der Waals surface area (Å²) in [6.07, 6.45) is 1.49. The lowest BCUT2D eigenvalue weighted by Crippen LogP contribution is -2.45. The van der Waals surface area contributed by atoms with Crippen LogP contribution < -0.4 is 14.8 Å². The number of carboxylic acid groups (broad SMARTS) is 1. The molecule has 2 atom stereocenters. The highest BCUT2D eigenvalue weighted by molar-refractivity contribution is 5.97. The van der Waals surface area contributed by atoms with Gasteiger partial charge < -0.3 is 19.9 Å². The molecule has 0 heterocycles. The van der Waals surface area contributed by atoms with E-state index in [0.717, 1.165) is 6.42 Å². The van der Waals surface area contributed by atoms with Gasteiger partial charge in [0.2, 0.25) is 0 Å². The number of carbonyl (C=O) groups is 2. The van der Waals surface area contributed by atoms with Crippen molar-refractivity contribution in [1.82, 2.24) is 5.32 Å². The number of hydrogen-bond donors (Lipinski definition) is 2. The second-order valence-corrected chi connectivity index (χ2v) is 5.39. The summed E-state index contributed by atoms with van der Waals surface area (Å²) >= 11 is 0. The van der Waals surface area contributed by atoms with Gasteiger partial charge in [-0.1, -0.05) is 27.2 Å². The molecule has 0 saturated carbocycles. The van der Waals surface area contributed by atoms with Gasteiger partial charge in [-0.05, 0) is 30.5 Å². The number of ether oxygens (including phenoxy) is 2. The molecule has 1 aromatic carbocycles. The van der Waals surface area contributed by atoms with Gasteiger partial charge in [-0.2, -0.15) is 0 Å². The largest absolute Gasteiger partial charge is 0.493 e. The molecule has 0 radical (unpaired) electrons. The normalized spacial score (nSPS) is 13.0. The van der Waals surface area contributed by atoms with E-state index in [0.29, 0.717) is 30.1 Å². The Bertz CT molecular complexity index is 544. The van der Waals surface area contributed by atoms with Crippen LogP contribution in [-0.2, 0) is 4.79 Å². The smallest absolute Gasteiger partial charge is 0.326 e. The Hall–Kier alpha value is -2.24. The van der Waals surface area contributed by atoms with Crippen LogP contribution in [0.4, 0.5) is 0 Å². The fourth-order valence-electron chi connectivity index (χ4n) is 2.05. The van der Waals surface area contributed by atoms with Crippen LogP contribution in [0.15, 0.2) is 18.2 Å². The molecule has 128 valence electrons. The minimum Gasteiger partial charge on any atom is -0.493 e. The zero-order valence-electron chi connectivity index (χ0n) is 14.1. The van der Waals surface area contributed by atoms with E-state index in [4.69, 9.17) is 9.47 Å².